The second-order valence-corrected chi connectivity index (χ2v) is 32.9. The van der Waals surface area contributed by atoms with E-state index >= 15 is 0 Å². The number of hydrogen-bond acceptors (Lipinski definition) is 29. The minimum absolute atomic E-state index is 0.226. The molecule has 17 aromatic rings. The molecule has 17 heterocycles. The summed E-state index contributed by atoms with van der Waals surface area (Å²) < 4.78 is 64.9. The van der Waals surface area contributed by atoms with Crippen LogP contribution in [0.5, 0.6) is 0 Å². The number of nitrogens with zero attached hydrogens (tertiary/aromatic N) is 25. The summed E-state index contributed by atoms with van der Waals surface area (Å²) in [4.78, 5) is 41.6. The summed E-state index contributed by atoms with van der Waals surface area (Å²) in [6.45, 7) is 12.1. The van der Waals surface area contributed by atoms with E-state index in [4.69, 9.17) is 29.0 Å². The fourth-order valence-electron chi connectivity index (χ4n) is 13.5. The van der Waals surface area contributed by atoms with Crippen LogP contribution in [0.3, 0.4) is 0 Å². The molecule has 0 radical (unpaired) electrons. The maximum atomic E-state index is 13.2. The highest BCUT2D eigenvalue weighted by molar-refractivity contribution is 7.91. The number of imidazole rings is 4. The number of nitrogens with one attached hydrogen (secondary N) is 4. The summed E-state index contributed by atoms with van der Waals surface area (Å²) >= 11 is 5.29. The molecule has 33 nitrogen and oxygen atoms in total. The number of hydrogen-bond donors (Lipinski definition) is 4. The Kier molecular flexibility index (Phi) is 21.9. The van der Waals surface area contributed by atoms with Crippen LogP contribution >= 0.6 is 45.9 Å². The van der Waals surface area contributed by atoms with E-state index in [0.717, 1.165) is 145 Å². The van der Waals surface area contributed by atoms with E-state index in [1.807, 2.05) is 179 Å². The molecule has 4 N–H and O–H groups in total. The molecular weight excluding hydrogens is 1570 g/mol. The molecule has 116 heavy (non-hydrogen) atoms. The summed E-state index contributed by atoms with van der Waals surface area (Å²) in [5, 5.41) is 47.5. The summed E-state index contributed by atoms with van der Waals surface area (Å²) in [6.07, 6.45) is 44.4. The third-order valence-corrected chi connectivity index (χ3v) is 25.2. The minimum Gasteiger partial charge on any atom is -0.453 e. The zero-order valence-electron chi connectivity index (χ0n) is 64.3. The minimum atomic E-state index is -3.58. The van der Waals surface area contributed by atoms with Crippen LogP contribution in [0, 0.1) is 50.4 Å². The summed E-state index contributed by atoms with van der Waals surface area (Å²) in [5.41, 5.74) is 18.4. The highest BCUT2D eigenvalue weighted by atomic mass is 32.2. The summed E-state index contributed by atoms with van der Waals surface area (Å²) in [5.74, 6) is 3.77. The van der Waals surface area contributed by atoms with Crippen molar-refractivity contribution in [2.45, 2.75) is 97.1 Å². The first-order chi connectivity index (χ1) is 56.3. The van der Waals surface area contributed by atoms with Crippen molar-refractivity contribution in [3.05, 3.63) is 194 Å². The van der Waals surface area contributed by atoms with Gasteiger partial charge in [0.05, 0.1) is 99.6 Å². The number of anilines is 8. The average molecular weight is 1640 g/mol. The van der Waals surface area contributed by atoms with E-state index in [0.29, 0.717) is 67.6 Å². The lowest BCUT2D eigenvalue weighted by Gasteiger charge is -2.17. The van der Waals surface area contributed by atoms with Gasteiger partial charge in [0, 0.05) is 135 Å². The van der Waals surface area contributed by atoms with Crippen LogP contribution in [0.2, 0.25) is 0 Å². The van der Waals surface area contributed by atoms with Crippen molar-refractivity contribution in [1.82, 2.24) is 109 Å². The third-order valence-electron chi connectivity index (χ3n) is 19.0. The lowest BCUT2D eigenvalue weighted by atomic mass is 9.97. The van der Waals surface area contributed by atoms with Gasteiger partial charge in [0.25, 0.3) is 10.0 Å². The molecule has 0 unspecified atom stereocenters. The van der Waals surface area contributed by atoms with Crippen molar-refractivity contribution in [3.8, 4) is 68.4 Å². The van der Waals surface area contributed by atoms with Crippen molar-refractivity contribution >= 4 is 133 Å². The van der Waals surface area contributed by atoms with Crippen molar-refractivity contribution in [2.24, 2.45) is 21.1 Å². The predicted octanol–water partition coefficient (Wildman–Crippen LogP) is 16.4. The van der Waals surface area contributed by atoms with Crippen LogP contribution in [0.15, 0.2) is 161 Å². The fraction of sp³-hybridized carbons (Fsp3) is 0.244. The first-order valence-corrected chi connectivity index (χ1v) is 41.6. The largest absolute Gasteiger partial charge is 0.453 e. The Hall–Kier alpha value is -13.2. The Labute approximate surface area is 680 Å². The van der Waals surface area contributed by atoms with Crippen LogP contribution in [0.1, 0.15) is 111 Å². The zero-order valence-corrected chi connectivity index (χ0v) is 68.4. The molecule has 0 aromatic carbocycles. The van der Waals surface area contributed by atoms with Crippen LogP contribution in [0.4, 0.5) is 43.4 Å². The van der Waals surface area contributed by atoms with E-state index in [-0.39, 0.29) is 11.5 Å². The van der Waals surface area contributed by atoms with Gasteiger partial charge in [0.1, 0.15) is 44.7 Å². The van der Waals surface area contributed by atoms with E-state index in [2.05, 4.69) is 91.7 Å². The summed E-state index contributed by atoms with van der Waals surface area (Å²) in [7, 11) is 2.10. The SMILES string of the molecule is CCN(CC)S(=O)(=O)c1sc(Nc2nc(C3=CCCCC3)cn3c(-c4coc(C#N)c4)cnc23)cc1C.Cc1cc(Nc2nc(-c3cnn(C)c3)cn3c(-c4cnn(C)c4)cnc23)sn1.Cc1cc(Nc2nc(C3=CCCCC3)cn3c(-c4coc(C#N)c4)cnc23)sn1.Cc1nsc(Nc2nccn3c(-c4cnn(C)c4)cnc23)n1. The van der Waals surface area contributed by atoms with Gasteiger partial charge < -0.3 is 30.1 Å². The molecule has 2 aliphatic rings. The first-order valence-electron chi connectivity index (χ1n) is 37.0. The van der Waals surface area contributed by atoms with E-state index < -0.39 is 10.0 Å². The second kappa shape index (κ2) is 33.1. The van der Waals surface area contributed by atoms with Crippen molar-refractivity contribution in [3.63, 3.8) is 0 Å². The number of thiophene rings is 1. The normalized spacial score (nSPS) is 12.9. The number of nitriles is 2. The molecule has 0 atom stereocenters. The average Bonchev–Trinajstić information content (AvgIpc) is 1.76. The molecule has 2 aliphatic carbocycles. The Morgan fingerprint density at radius 1 is 0.491 bits per heavy atom. The monoisotopic (exact) mass is 1640 g/mol. The number of sulfonamides is 1. The molecule has 0 fully saturated rings. The van der Waals surface area contributed by atoms with Crippen molar-refractivity contribution in [1.29, 1.82) is 10.5 Å². The standard InChI is InChI=1S/C26H28N6O3S2.C21H18N6OS.C18H17N9S.C13H12N8S/c1-4-31(5-2)37(33,34)26-17(3)11-23(36-26)30-24-25-28-14-22(19-12-20(13-27)35-16-19)32(25)15-21(29-24)18-9-7-6-8-10-18;1-13-7-19(29-26-13)25-20-21-23-10-18(15-8-16(9-22)28-12-15)27(21)11-17(24-20)14-5-3-2-4-6-14;1-11-4-16(28-24-11)23-17-18-19-7-15(13-6-21-26(3)9-13)27(18)10-14(22-17)12-5-20-25(2)8-12;1-8-17-13(22-19-8)18-11-12-15-6-10(21(12)4-3-14-11)9-5-16-20(2)7-9/h9,11-12,14-16H,4-8,10H2,1-3H3,(H,29,30);5,7-8,10-12H,2-4,6H2,1H3,(H,24,25);4-10H,1-3H3,(H,22,23);3-7H,1-2H3,(H,14,17,18,19). The molecular formula is C78H75N29O4S5. The van der Waals surface area contributed by atoms with E-state index in [1.165, 1.54) is 74.2 Å². The first kappa shape index (κ1) is 76.7. The van der Waals surface area contributed by atoms with E-state index in [1.54, 1.807) is 63.5 Å². The topological polar surface area (TPSA) is 385 Å². The molecule has 0 saturated heterocycles. The number of fused-ring (bicyclic) bond motifs is 4. The molecule has 0 spiro atoms. The van der Waals surface area contributed by atoms with Gasteiger partial charge in [-0.15, -0.1) is 11.3 Å². The van der Waals surface area contributed by atoms with Gasteiger partial charge in [-0.2, -0.15) is 43.2 Å². The van der Waals surface area contributed by atoms with Crippen LogP contribution in [-0.4, -0.2) is 131 Å². The molecule has 17 aromatic heterocycles. The molecule has 19 rings (SSSR count). The van der Waals surface area contributed by atoms with Gasteiger partial charge in [-0.1, -0.05) is 26.0 Å². The maximum Gasteiger partial charge on any atom is 0.252 e. The number of furan rings is 2. The number of allylic oxidation sites excluding steroid dienone is 4. The lowest BCUT2D eigenvalue weighted by molar-refractivity contribution is 0.446. The van der Waals surface area contributed by atoms with E-state index in [9.17, 15) is 13.7 Å². The predicted molar refractivity (Wildman–Crippen MR) is 447 cm³/mol. The summed E-state index contributed by atoms with van der Waals surface area (Å²) in [6, 6.07) is 13.3. The quantitative estimate of drug-likeness (QED) is 0.0584. The molecule has 0 bridgehead atoms. The lowest BCUT2D eigenvalue weighted by Crippen LogP contribution is -2.30. The molecule has 0 aliphatic heterocycles. The molecule has 0 saturated carbocycles. The van der Waals surface area contributed by atoms with Crippen LogP contribution < -0.4 is 21.3 Å². The smallest absolute Gasteiger partial charge is 0.252 e. The van der Waals surface area contributed by atoms with Crippen molar-refractivity contribution < 1.29 is 17.3 Å². The second-order valence-electron chi connectivity index (χ2n) is 27.3. The maximum absolute atomic E-state index is 13.2. The Balaban J connectivity index is 0.000000118. The Morgan fingerprint density at radius 2 is 0.948 bits per heavy atom. The highest BCUT2D eigenvalue weighted by Gasteiger charge is 2.28. The molecule has 38 heteroatoms. The Morgan fingerprint density at radius 3 is 1.37 bits per heavy atom. The van der Waals surface area contributed by atoms with Crippen LogP contribution in [0.25, 0.3) is 90.0 Å². The van der Waals surface area contributed by atoms with Gasteiger partial charge in [-0.3, -0.25) is 31.6 Å². The van der Waals surface area contributed by atoms with Gasteiger partial charge >= 0.3 is 0 Å². The zero-order chi connectivity index (χ0) is 80.3. The van der Waals surface area contributed by atoms with Gasteiger partial charge in [0.2, 0.25) is 16.7 Å². The van der Waals surface area contributed by atoms with Gasteiger partial charge in [-0.05, 0) is 137 Å². The number of aryl methyl sites for hydroxylation is 7. The van der Waals surface area contributed by atoms with Crippen LogP contribution in [-0.2, 0) is 31.2 Å². The van der Waals surface area contributed by atoms with Gasteiger partial charge in [0.15, 0.2) is 45.9 Å². The third kappa shape index (κ3) is 16.2. The molecule has 0 amide bonds. The number of rotatable bonds is 19. The van der Waals surface area contributed by atoms with Gasteiger partial charge in [-0.25, -0.2) is 53.3 Å². The fourth-order valence-corrected chi connectivity index (χ4v) is 18.6. The highest BCUT2D eigenvalue weighted by Crippen LogP contribution is 2.39. The Bertz CT molecular complexity index is 6740. The molecule has 586 valence electrons. The number of aromatic nitrogens is 22. The van der Waals surface area contributed by atoms with Crippen molar-refractivity contribution in [2.75, 3.05) is 34.4 Å².